The highest BCUT2D eigenvalue weighted by atomic mass is 16.7. The number of anilines is 2. The fraction of sp³-hybridized carbons (Fsp3) is 0.286. The van der Waals surface area contributed by atoms with Crippen molar-refractivity contribution in [2.24, 2.45) is 5.92 Å². The van der Waals surface area contributed by atoms with Gasteiger partial charge in [-0.2, -0.15) is 0 Å². The summed E-state index contributed by atoms with van der Waals surface area (Å²) < 4.78 is 22.1. The van der Waals surface area contributed by atoms with E-state index in [1.54, 1.807) is 41.5 Å². The van der Waals surface area contributed by atoms with Crippen molar-refractivity contribution in [3.8, 4) is 23.0 Å². The first-order chi connectivity index (χ1) is 18.0. The van der Waals surface area contributed by atoms with Crippen LogP contribution in [0.4, 0.5) is 11.4 Å². The Bertz CT molecular complexity index is 1270. The summed E-state index contributed by atoms with van der Waals surface area (Å²) in [5, 5.41) is 1.63. The van der Waals surface area contributed by atoms with Crippen molar-refractivity contribution in [3.05, 3.63) is 72.3 Å². The van der Waals surface area contributed by atoms with E-state index in [4.69, 9.17) is 23.8 Å². The number of imide groups is 1. The number of hydrogen-bond acceptors (Lipinski definition) is 8. The second-order valence-electron chi connectivity index (χ2n) is 8.56. The largest absolute Gasteiger partial charge is 0.494 e. The number of hydroxylamine groups is 1. The lowest BCUT2D eigenvalue weighted by Gasteiger charge is -2.29. The first kappa shape index (κ1) is 24.5. The lowest BCUT2D eigenvalue weighted by Crippen LogP contribution is -2.37. The molecule has 5 rings (SSSR count). The zero-order valence-corrected chi connectivity index (χ0v) is 21.0. The van der Waals surface area contributed by atoms with E-state index in [1.807, 2.05) is 37.3 Å². The van der Waals surface area contributed by atoms with Crippen LogP contribution in [0.1, 0.15) is 18.5 Å². The molecule has 3 atom stereocenters. The molecule has 0 spiro atoms. The van der Waals surface area contributed by atoms with Gasteiger partial charge in [-0.05, 0) is 61.0 Å². The van der Waals surface area contributed by atoms with Crippen LogP contribution in [0, 0.1) is 5.92 Å². The van der Waals surface area contributed by atoms with Gasteiger partial charge in [0, 0.05) is 0 Å². The molecule has 2 amide bonds. The number of benzene rings is 3. The standard InChI is InChI=1S/C28H28N2O7/c1-5-36-20-13-11-18(12-14-20)29-27(31)23-24(17-15-21(33-2)25(35-4)22(16-17)34-3)30(37-26(23)28(29)32)19-9-7-6-8-10-19/h6-16,23-24,26H,5H2,1-4H3/t23-,24+,26-/m0/s1. The van der Waals surface area contributed by atoms with Crippen molar-refractivity contribution in [1.29, 1.82) is 0 Å². The molecule has 9 nitrogen and oxygen atoms in total. The molecule has 2 fully saturated rings. The van der Waals surface area contributed by atoms with Gasteiger partial charge in [-0.3, -0.25) is 14.4 Å². The van der Waals surface area contributed by atoms with Gasteiger partial charge in [0.25, 0.3) is 5.91 Å². The predicted molar refractivity (Wildman–Crippen MR) is 136 cm³/mol. The highest BCUT2D eigenvalue weighted by Gasteiger charge is 2.60. The minimum atomic E-state index is -0.997. The Labute approximate surface area is 215 Å². The summed E-state index contributed by atoms with van der Waals surface area (Å²) in [5.41, 5.74) is 1.86. The second-order valence-corrected chi connectivity index (χ2v) is 8.56. The maximum absolute atomic E-state index is 13.9. The molecule has 2 heterocycles. The van der Waals surface area contributed by atoms with Crippen LogP contribution in [0.2, 0.25) is 0 Å². The van der Waals surface area contributed by atoms with E-state index < -0.39 is 24.0 Å². The zero-order chi connectivity index (χ0) is 26.1. The molecule has 0 N–H and O–H groups in total. The van der Waals surface area contributed by atoms with Gasteiger partial charge in [0.1, 0.15) is 11.7 Å². The Balaban J connectivity index is 1.59. The average Bonchev–Trinajstić information content (AvgIpc) is 3.44. The van der Waals surface area contributed by atoms with Crippen LogP contribution in [0.15, 0.2) is 66.7 Å². The highest BCUT2D eigenvalue weighted by molar-refractivity contribution is 6.24. The first-order valence-electron chi connectivity index (χ1n) is 11.9. The normalized spacial score (nSPS) is 20.7. The number of rotatable bonds is 8. The molecule has 0 unspecified atom stereocenters. The Kier molecular flexibility index (Phi) is 6.62. The van der Waals surface area contributed by atoms with Crippen LogP contribution in [-0.2, 0) is 14.4 Å². The topological polar surface area (TPSA) is 86.8 Å². The van der Waals surface area contributed by atoms with E-state index in [2.05, 4.69) is 0 Å². The third-order valence-corrected chi connectivity index (χ3v) is 6.56. The van der Waals surface area contributed by atoms with Gasteiger partial charge >= 0.3 is 0 Å². The number of methoxy groups -OCH3 is 3. The SMILES string of the molecule is CCOc1ccc(N2C(=O)[C@@H]3[C@H](ON(c4ccccc4)[C@@H]3c3cc(OC)c(OC)c(OC)c3)C2=O)cc1. The molecular weight excluding hydrogens is 476 g/mol. The quantitative estimate of drug-likeness (QED) is 0.423. The Morgan fingerprint density at radius 1 is 0.811 bits per heavy atom. The van der Waals surface area contributed by atoms with Crippen LogP contribution < -0.4 is 28.9 Å². The van der Waals surface area contributed by atoms with E-state index >= 15 is 0 Å². The molecule has 0 saturated carbocycles. The minimum absolute atomic E-state index is 0.351. The Morgan fingerprint density at radius 3 is 2.03 bits per heavy atom. The van der Waals surface area contributed by atoms with Crippen molar-refractivity contribution >= 4 is 23.2 Å². The minimum Gasteiger partial charge on any atom is -0.494 e. The fourth-order valence-corrected chi connectivity index (χ4v) is 4.94. The van der Waals surface area contributed by atoms with Crippen LogP contribution >= 0.6 is 0 Å². The summed E-state index contributed by atoms with van der Waals surface area (Å²) in [6.07, 6.45) is -0.997. The number of carbonyl (C=O) groups excluding carboxylic acids is 2. The number of amides is 2. The van der Waals surface area contributed by atoms with Gasteiger partial charge in [0.15, 0.2) is 17.6 Å². The smallest absolute Gasteiger partial charge is 0.266 e. The maximum Gasteiger partial charge on any atom is 0.266 e. The predicted octanol–water partition coefficient (Wildman–Crippen LogP) is 4.16. The van der Waals surface area contributed by atoms with Crippen molar-refractivity contribution in [1.82, 2.24) is 0 Å². The molecule has 192 valence electrons. The average molecular weight is 505 g/mol. The molecule has 2 saturated heterocycles. The number of ether oxygens (including phenoxy) is 4. The van der Waals surface area contributed by atoms with Gasteiger partial charge < -0.3 is 18.9 Å². The van der Waals surface area contributed by atoms with Crippen LogP contribution in [0.25, 0.3) is 0 Å². The molecule has 3 aromatic carbocycles. The van der Waals surface area contributed by atoms with E-state index in [0.29, 0.717) is 46.5 Å². The van der Waals surface area contributed by atoms with Crippen molar-refractivity contribution in [3.63, 3.8) is 0 Å². The lowest BCUT2D eigenvalue weighted by molar-refractivity contribution is -0.126. The van der Waals surface area contributed by atoms with Gasteiger partial charge in [-0.1, -0.05) is 18.2 Å². The van der Waals surface area contributed by atoms with Gasteiger partial charge in [0.05, 0.1) is 45.4 Å². The first-order valence-corrected chi connectivity index (χ1v) is 11.9. The molecule has 9 heteroatoms. The van der Waals surface area contributed by atoms with E-state index in [-0.39, 0.29) is 5.91 Å². The molecule has 0 aromatic heterocycles. The third kappa shape index (κ3) is 4.11. The summed E-state index contributed by atoms with van der Waals surface area (Å²) in [4.78, 5) is 34.9. The number of nitrogens with zero attached hydrogens (tertiary/aromatic N) is 2. The molecule has 0 radical (unpaired) electrons. The summed E-state index contributed by atoms with van der Waals surface area (Å²) in [7, 11) is 4.59. The number of para-hydroxylation sites is 1. The monoisotopic (exact) mass is 504 g/mol. The van der Waals surface area contributed by atoms with Gasteiger partial charge in [0.2, 0.25) is 11.7 Å². The molecule has 2 aliphatic heterocycles. The molecule has 37 heavy (non-hydrogen) atoms. The number of carbonyl (C=O) groups is 2. The molecule has 3 aromatic rings. The van der Waals surface area contributed by atoms with E-state index in [9.17, 15) is 9.59 Å². The zero-order valence-electron chi connectivity index (χ0n) is 21.0. The van der Waals surface area contributed by atoms with Crippen LogP contribution in [-0.4, -0.2) is 45.9 Å². The number of hydrogen-bond donors (Lipinski definition) is 0. The fourth-order valence-electron chi connectivity index (χ4n) is 4.94. The summed E-state index contributed by atoms with van der Waals surface area (Å²) in [6.45, 7) is 2.41. The summed E-state index contributed by atoms with van der Waals surface area (Å²) in [6, 6.07) is 19.2. The van der Waals surface area contributed by atoms with Crippen LogP contribution in [0.5, 0.6) is 23.0 Å². The van der Waals surface area contributed by atoms with Gasteiger partial charge in [-0.15, -0.1) is 0 Å². The van der Waals surface area contributed by atoms with Crippen molar-refractivity contribution in [2.75, 3.05) is 37.9 Å². The molecule has 0 bridgehead atoms. The Hall–Kier alpha value is -4.24. The maximum atomic E-state index is 13.9. The molecule has 2 aliphatic rings. The summed E-state index contributed by atoms with van der Waals surface area (Å²) in [5.74, 6) is 0.392. The van der Waals surface area contributed by atoms with Crippen molar-refractivity contribution in [2.45, 2.75) is 19.1 Å². The Morgan fingerprint density at radius 2 is 1.46 bits per heavy atom. The second kappa shape index (κ2) is 10.0. The molecular formula is C28H28N2O7. The highest BCUT2D eigenvalue weighted by Crippen LogP contribution is 2.50. The van der Waals surface area contributed by atoms with Crippen LogP contribution in [0.3, 0.4) is 0 Å². The van der Waals surface area contributed by atoms with E-state index in [0.717, 1.165) is 0 Å². The third-order valence-electron chi connectivity index (χ3n) is 6.56. The molecule has 0 aliphatic carbocycles. The van der Waals surface area contributed by atoms with Gasteiger partial charge in [-0.25, -0.2) is 9.96 Å². The van der Waals surface area contributed by atoms with Crippen molar-refractivity contribution < 1.29 is 33.4 Å². The number of fused-ring (bicyclic) bond motifs is 1. The lowest BCUT2D eigenvalue weighted by atomic mass is 9.90. The summed E-state index contributed by atoms with van der Waals surface area (Å²) >= 11 is 0. The van der Waals surface area contributed by atoms with E-state index in [1.165, 1.54) is 26.2 Å².